The largest absolute Gasteiger partial charge is 0.444 e. The quantitative estimate of drug-likeness (QED) is 0.875. The number of carbonyl (C=O) groups is 1. The van der Waals surface area contributed by atoms with E-state index in [9.17, 15) is 4.79 Å². The van der Waals surface area contributed by atoms with Gasteiger partial charge in [0, 0.05) is 30.5 Å². The number of nitrogens with zero attached hydrogens (tertiary/aromatic N) is 4. The maximum absolute atomic E-state index is 11.4. The molecule has 0 spiro atoms. The van der Waals surface area contributed by atoms with E-state index in [2.05, 4.69) is 29.4 Å². The molecule has 0 aliphatic rings. The Labute approximate surface area is 149 Å². The molecule has 140 valence electrons. The first-order valence-corrected chi connectivity index (χ1v) is 8.33. The maximum atomic E-state index is 11.4. The van der Waals surface area contributed by atoms with Gasteiger partial charge in [0.05, 0.1) is 0 Å². The van der Waals surface area contributed by atoms with Gasteiger partial charge in [0.2, 0.25) is 0 Å². The molecule has 0 aliphatic heterocycles. The lowest BCUT2D eigenvalue weighted by Crippen LogP contribution is -2.27. The molecule has 0 bridgehead atoms. The van der Waals surface area contributed by atoms with Gasteiger partial charge in [0.25, 0.3) is 0 Å². The van der Waals surface area contributed by atoms with Gasteiger partial charge in [-0.3, -0.25) is 14.7 Å². The van der Waals surface area contributed by atoms with Crippen LogP contribution in [-0.2, 0) is 4.74 Å². The van der Waals surface area contributed by atoms with Gasteiger partial charge >= 0.3 is 6.09 Å². The number of hydrogen-bond acceptors (Lipinski definition) is 5. The molecule has 0 saturated heterocycles. The Hall–Kier alpha value is -2.51. The minimum absolute atomic E-state index is 0.272. The minimum Gasteiger partial charge on any atom is -0.444 e. The van der Waals surface area contributed by atoms with E-state index >= 15 is 0 Å². The summed E-state index contributed by atoms with van der Waals surface area (Å²) in [5.41, 5.74) is 4.89. The fraction of sp³-hybridized carbons (Fsp3) is 0.588. The lowest BCUT2D eigenvalue weighted by atomic mass is 10.2. The molecule has 8 heteroatoms. The van der Waals surface area contributed by atoms with Gasteiger partial charge < -0.3 is 10.5 Å². The van der Waals surface area contributed by atoms with Gasteiger partial charge in [-0.2, -0.15) is 10.2 Å². The number of nitrogens with two attached hydrogens (primary N) is 1. The van der Waals surface area contributed by atoms with E-state index < -0.39 is 11.7 Å². The van der Waals surface area contributed by atoms with Crippen LogP contribution in [0.4, 0.5) is 16.4 Å². The molecule has 8 nitrogen and oxygen atoms in total. The van der Waals surface area contributed by atoms with Crippen LogP contribution in [0.1, 0.15) is 60.5 Å². The first-order chi connectivity index (χ1) is 11.5. The highest BCUT2D eigenvalue weighted by molar-refractivity contribution is 5.83. The molecule has 0 saturated carbocycles. The highest BCUT2D eigenvalue weighted by Gasteiger charge is 2.16. The van der Waals surface area contributed by atoms with Crippen LogP contribution in [0, 0.1) is 0 Å². The summed E-state index contributed by atoms with van der Waals surface area (Å²) in [5, 5.41) is 10.8. The number of aromatic nitrogens is 4. The Kier molecular flexibility index (Phi) is 7.02. The maximum Gasteiger partial charge on any atom is 0.413 e. The third kappa shape index (κ3) is 7.73. The summed E-state index contributed by atoms with van der Waals surface area (Å²) in [6, 6.07) is 4.21. The van der Waals surface area contributed by atoms with E-state index in [4.69, 9.17) is 10.5 Å². The van der Waals surface area contributed by atoms with E-state index in [-0.39, 0.29) is 6.04 Å². The van der Waals surface area contributed by atoms with E-state index in [0.717, 1.165) is 0 Å². The van der Waals surface area contributed by atoms with Crippen LogP contribution >= 0.6 is 0 Å². The first-order valence-electron chi connectivity index (χ1n) is 8.33. The van der Waals surface area contributed by atoms with Crippen LogP contribution < -0.4 is 11.1 Å². The number of carbonyl (C=O) groups excluding carboxylic acids is 1. The summed E-state index contributed by atoms with van der Waals surface area (Å²) in [5.74, 6) is 1.09. The smallest absolute Gasteiger partial charge is 0.413 e. The topological polar surface area (TPSA) is 100.0 Å². The van der Waals surface area contributed by atoms with Crippen LogP contribution in [0.3, 0.4) is 0 Å². The zero-order valence-corrected chi connectivity index (χ0v) is 16.1. The molecule has 1 amide bonds. The van der Waals surface area contributed by atoms with E-state index in [1.807, 2.05) is 51.7 Å². The van der Waals surface area contributed by atoms with Gasteiger partial charge in [-0.05, 0) is 54.5 Å². The Morgan fingerprint density at radius 1 is 1.08 bits per heavy atom. The molecular weight excluding hydrogens is 320 g/mol. The van der Waals surface area contributed by atoms with E-state index in [1.54, 1.807) is 16.8 Å². The van der Waals surface area contributed by atoms with Crippen molar-refractivity contribution >= 4 is 17.7 Å². The number of anilines is 2. The number of nitrogens with one attached hydrogen (secondary N) is 1. The van der Waals surface area contributed by atoms with Crippen molar-refractivity contribution in [1.82, 2.24) is 19.6 Å². The number of rotatable bonds is 3. The summed E-state index contributed by atoms with van der Waals surface area (Å²) in [6.07, 6.45) is 3.21. The average Bonchev–Trinajstić information content (AvgIpc) is 3.06. The van der Waals surface area contributed by atoms with Crippen molar-refractivity contribution in [1.29, 1.82) is 0 Å². The van der Waals surface area contributed by atoms with Crippen molar-refractivity contribution in [3.8, 4) is 0 Å². The molecule has 0 fully saturated rings. The Balaban J connectivity index is 0.000000293. The van der Waals surface area contributed by atoms with E-state index in [1.165, 1.54) is 0 Å². The predicted molar refractivity (Wildman–Crippen MR) is 99.5 cm³/mol. The van der Waals surface area contributed by atoms with Gasteiger partial charge in [0.15, 0.2) is 5.82 Å². The molecule has 0 aliphatic carbocycles. The molecule has 0 radical (unpaired) electrons. The number of ether oxygens (including phenoxy) is 1. The zero-order valence-electron chi connectivity index (χ0n) is 16.1. The Morgan fingerprint density at radius 2 is 1.60 bits per heavy atom. The SMILES string of the molecule is CC(C)n1ccc(N)n1.CC(C)n1ccc(NC(=O)OC(C)(C)C)n1. The Morgan fingerprint density at radius 3 is 1.96 bits per heavy atom. The van der Waals surface area contributed by atoms with Crippen molar-refractivity contribution in [2.24, 2.45) is 0 Å². The summed E-state index contributed by atoms with van der Waals surface area (Å²) < 4.78 is 8.71. The third-order valence-electron chi connectivity index (χ3n) is 2.92. The van der Waals surface area contributed by atoms with Crippen molar-refractivity contribution in [2.45, 2.75) is 66.2 Å². The zero-order chi connectivity index (χ0) is 19.2. The first kappa shape index (κ1) is 20.5. The number of amides is 1. The third-order valence-corrected chi connectivity index (χ3v) is 2.92. The number of nitrogen functional groups attached to an aromatic ring is 1. The number of hydrogen-bond donors (Lipinski definition) is 2. The van der Waals surface area contributed by atoms with E-state index in [0.29, 0.717) is 17.7 Å². The fourth-order valence-corrected chi connectivity index (χ4v) is 1.74. The molecule has 0 aromatic carbocycles. The highest BCUT2D eigenvalue weighted by Crippen LogP contribution is 2.11. The summed E-state index contributed by atoms with van der Waals surface area (Å²) in [4.78, 5) is 11.4. The van der Waals surface area contributed by atoms with Gasteiger partial charge in [-0.25, -0.2) is 4.79 Å². The second kappa shape index (κ2) is 8.55. The van der Waals surface area contributed by atoms with Crippen molar-refractivity contribution in [3.05, 3.63) is 24.5 Å². The van der Waals surface area contributed by atoms with Crippen LogP contribution in [0.2, 0.25) is 0 Å². The lowest BCUT2D eigenvalue weighted by molar-refractivity contribution is 0.0635. The molecule has 2 aromatic heterocycles. The molecular formula is C17H30N6O2. The monoisotopic (exact) mass is 350 g/mol. The fourth-order valence-electron chi connectivity index (χ4n) is 1.74. The molecule has 0 atom stereocenters. The molecule has 3 N–H and O–H groups in total. The highest BCUT2D eigenvalue weighted by atomic mass is 16.6. The van der Waals surface area contributed by atoms with Crippen molar-refractivity contribution < 1.29 is 9.53 Å². The van der Waals surface area contributed by atoms with Crippen LogP contribution in [0.25, 0.3) is 0 Å². The van der Waals surface area contributed by atoms with Crippen LogP contribution in [-0.4, -0.2) is 31.3 Å². The molecule has 25 heavy (non-hydrogen) atoms. The second-order valence-electron chi connectivity index (χ2n) is 7.22. The van der Waals surface area contributed by atoms with Gasteiger partial charge in [-0.1, -0.05) is 0 Å². The van der Waals surface area contributed by atoms with Crippen LogP contribution in [0.5, 0.6) is 0 Å². The molecule has 2 aromatic rings. The molecule has 2 heterocycles. The molecule has 2 rings (SSSR count). The lowest BCUT2D eigenvalue weighted by Gasteiger charge is -2.19. The second-order valence-corrected chi connectivity index (χ2v) is 7.22. The predicted octanol–water partition coefficient (Wildman–Crippen LogP) is 3.86. The summed E-state index contributed by atoms with van der Waals surface area (Å²) in [6.45, 7) is 13.6. The summed E-state index contributed by atoms with van der Waals surface area (Å²) >= 11 is 0. The molecule has 0 unspecified atom stereocenters. The van der Waals surface area contributed by atoms with Gasteiger partial charge in [-0.15, -0.1) is 0 Å². The normalized spacial score (nSPS) is 11.2. The van der Waals surface area contributed by atoms with Crippen molar-refractivity contribution in [3.63, 3.8) is 0 Å². The summed E-state index contributed by atoms with van der Waals surface area (Å²) in [7, 11) is 0. The van der Waals surface area contributed by atoms with Gasteiger partial charge in [0.1, 0.15) is 11.4 Å². The van der Waals surface area contributed by atoms with Crippen LogP contribution in [0.15, 0.2) is 24.5 Å². The minimum atomic E-state index is -0.495. The Bertz CT molecular complexity index is 667. The van der Waals surface area contributed by atoms with Crippen molar-refractivity contribution in [2.75, 3.05) is 11.1 Å². The standard InChI is InChI=1S/C11H19N3O2.C6H11N3/c1-8(2)14-7-6-9(13-14)12-10(15)16-11(3,4)5;1-5(2)9-4-3-6(7)8-9/h6-8H,1-5H3,(H,12,13,15);3-5H,1-2H3,(H2,7,8). The average molecular weight is 350 g/mol.